The van der Waals surface area contributed by atoms with E-state index < -0.39 is 5.97 Å². The van der Waals surface area contributed by atoms with Crippen LogP contribution in [0.25, 0.3) is 0 Å². The first-order valence-electron chi connectivity index (χ1n) is 9.71. The number of rotatable bonds is 4. The predicted octanol–water partition coefficient (Wildman–Crippen LogP) is 3.32. The molecule has 1 aromatic heterocycles. The van der Waals surface area contributed by atoms with Crippen molar-refractivity contribution in [2.45, 2.75) is 58.1 Å². The van der Waals surface area contributed by atoms with Crippen LogP contribution in [0.15, 0.2) is 41.8 Å². The van der Waals surface area contributed by atoms with E-state index in [9.17, 15) is 9.59 Å². The van der Waals surface area contributed by atoms with Crippen molar-refractivity contribution in [3.05, 3.63) is 47.8 Å². The zero-order valence-corrected chi connectivity index (χ0v) is 16.2. The molecule has 4 rings (SSSR count). The van der Waals surface area contributed by atoms with Crippen molar-refractivity contribution in [2.75, 3.05) is 5.01 Å². The molecule has 1 aromatic carbocycles. The summed E-state index contributed by atoms with van der Waals surface area (Å²) in [6, 6.07) is 7.78. The molecule has 0 saturated heterocycles. The van der Waals surface area contributed by atoms with Crippen molar-refractivity contribution in [3.63, 3.8) is 0 Å². The van der Waals surface area contributed by atoms with Crippen LogP contribution in [-0.2, 0) is 14.3 Å². The number of ether oxygens (including phenoxy) is 1. The highest BCUT2D eigenvalue weighted by Gasteiger charge is 2.35. The zero-order chi connectivity index (χ0) is 19.7. The number of benzene rings is 1. The fourth-order valence-corrected chi connectivity index (χ4v) is 3.87. The van der Waals surface area contributed by atoms with Gasteiger partial charge in [0, 0.05) is 25.2 Å². The summed E-state index contributed by atoms with van der Waals surface area (Å²) in [6.07, 6.45) is 6.69. The number of carbonyl (C=O) groups excluding carboxylic acids is 2. The standard InChI is InChI=1S/C21H24N4O3/c1-14-7-8-15(2)18(13-14)25-20(26)10-9-16(23-25)21(27)28-19-6-3-5-17(19)24-12-4-11-22-24/h4,7-8,11-13,17,19H,3,5-6,9-10H2,1-2H3/t17-,19-/m1/s1. The Morgan fingerprint density at radius 1 is 1.21 bits per heavy atom. The molecule has 0 unspecified atom stereocenters. The van der Waals surface area contributed by atoms with Gasteiger partial charge in [-0.1, -0.05) is 12.1 Å². The summed E-state index contributed by atoms with van der Waals surface area (Å²) in [5.74, 6) is -0.549. The largest absolute Gasteiger partial charge is 0.456 e. The Bertz CT molecular complexity index is 920. The number of carbonyl (C=O) groups is 2. The van der Waals surface area contributed by atoms with Crippen LogP contribution in [0.5, 0.6) is 0 Å². The Labute approximate surface area is 164 Å². The molecule has 0 bridgehead atoms. The monoisotopic (exact) mass is 380 g/mol. The summed E-state index contributed by atoms with van der Waals surface area (Å²) in [6.45, 7) is 3.89. The maximum atomic E-state index is 12.8. The Morgan fingerprint density at radius 2 is 2.07 bits per heavy atom. The molecule has 28 heavy (non-hydrogen) atoms. The summed E-state index contributed by atoms with van der Waals surface area (Å²) in [4.78, 5) is 25.2. The zero-order valence-electron chi connectivity index (χ0n) is 16.2. The molecular weight excluding hydrogens is 356 g/mol. The number of anilines is 1. The van der Waals surface area contributed by atoms with Gasteiger partial charge in [0.1, 0.15) is 11.8 Å². The molecule has 1 saturated carbocycles. The number of esters is 1. The summed E-state index contributed by atoms with van der Waals surface area (Å²) in [5, 5.41) is 10.0. The van der Waals surface area contributed by atoms with E-state index in [-0.39, 0.29) is 24.5 Å². The molecule has 1 amide bonds. The van der Waals surface area contributed by atoms with Gasteiger partial charge < -0.3 is 4.74 Å². The number of aromatic nitrogens is 2. The van der Waals surface area contributed by atoms with Crippen LogP contribution >= 0.6 is 0 Å². The first kappa shape index (κ1) is 18.4. The Balaban J connectivity index is 1.54. The molecular formula is C21H24N4O3. The summed E-state index contributed by atoms with van der Waals surface area (Å²) < 4.78 is 7.65. The third-order valence-electron chi connectivity index (χ3n) is 5.40. The molecule has 1 aliphatic carbocycles. The predicted molar refractivity (Wildman–Crippen MR) is 105 cm³/mol. The van der Waals surface area contributed by atoms with Gasteiger partial charge in [0.25, 0.3) is 0 Å². The number of nitrogens with zero attached hydrogens (tertiary/aromatic N) is 4. The van der Waals surface area contributed by atoms with E-state index in [1.807, 2.05) is 49.0 Å². The first-order chi connectivity index (χ1) is 13.5. The summed E-state index contributed by atoms with van der Waals surface area (Å²) in [5.41, 5.74) is 2.98. The topological polar surface area (TPSA) is 76.8 Å². The van der Waals surface area contributed by atoms with Crippen molar-refractivity contribution >= 4 is 23.3 Å². The number of amides is 1. The van der Waals surface area contributed by atoms with Crippen molar-refractivity contribution in [1.29, 1.82) is 0 Å². The molecule has 2 atom stereocenters. The number of hydrazone groups is 1. The van der Waals surface area contributed by atoms with Crippen LogP contribution in [0.2, 0.25) is 0 Å². The summed E-state index contributed by atoms with van der Waals surface area (Å²) >= 11 is 0. The highest BCUT2D eigenvalue weighted by Crippen LogP contribution is 2.32. The molecule has 1 aliphatic heterocycles. The normalized spacial score (nSPS) is 22.3. The quantitative estimate of drug-likeness (QED) is 0.763. The molecule has 7 nitrogen and oxygen atoms in total. The van der Waals surface area contributed by atoms with E-state index in [2.05, 4.69) is 10.2 Å². The first-order valence-corrected chi connectivity index (χ1v) is 9.71. The Hall–Kier alpha value is -2.96. The fourth-order valence-electron chi connectivity index (χ4n) is 3.87. The van der Waals surface area contributed by atoms with E-state index in [1.54, 1.807) is 6.20 Å². The van der Waals surface area contributed by atoms with Crippen molar-refractivity contribution < 1.29 is 14.3 Å². The molecule has 146 valence electrons. The minimum atomic E-state index is -0.438. The van der Waals surface area contributed by atoms with Gasteiger partial charge in [0.05, 0.1) is 11.7 Å². The average molecular weight is 380 g/mol. The molecule has 1 fully saturated rings. The minimum Gasteiger partial charge on any atom is -0.456 e. The Kier molecular flexibility index (Phi) is 4.98. The minimum absolute atomic E-state index is 0.0555. The van der Waals surface area contributed by atoms with Crippen LogP contribution in [0, 0.1) is 13.8 Å². The fraction of sp³-hybridized carbons (Fsp3) is 0.429. The number of hydrogen-bond acceptors (Lipinski definition) is 5. The number of hydrogen-bond donors (Lipinski definition) is 0. The smallest absolute Gasteiger partial charge is 0.354 e. The lowest BCUT2D eigenvalue weighted by Crippen LogP contribution is -2.37. The highest BCUT2D eigenvalue weighted by molar-refractivity contribution is 6.38. The van der Waals surface area contributed by atoms with Crippen LogP contribution in [-0.4, -0.2) is 33.5 Å². The third-order valence-corrected chi connectivity index (χ3v) is 5.40. The van der Waals surface area contributed by atoms with Crippen LogP contribution in [0.3, 0.4) is 0 Å². The second-order valence-corrected chi connectivity index (χ2v) is 7.47. The summed E-state index contributed by atoms with van der Waals surface area (Å²) in [7, 11) is 0. The van der Waals surface area contributed by atoms with Crippen LogP contribution < -0.4 is 5.01 Å². The van der Waals surface area contributed by atoms with E-state index in [0.29, 0.717) is 17.8 Å². The van der Waals surface area contributed by atoms with E-state index >= 15 is 0 Å². The van der Waals surface area contributed by atoms with Gasteiger partial charge >= 0.3 is 5.97 Å². The van der Waals surface area contributed by atoms with E-state index in [1.165, 1.54) is 5.01 Å². The maximum Gasteiger partial charge on any atom is 0.354 e. The molecule has 0 radical (unpaired) electrons. The van der Waals surface area contributed by atoms with Gasteiger partial charge in [-0.2, -0.15) is 15.2 Å². The van der Waals surface area contributed by atoms with Crippen molar-refractivity contribution in [3.8, 4) is 0 Å². The second-order valence-electron chi connectivity index (χ2n) is 7.47. The lowest BCUT2D eigenvalue weighted by Gasteiger charge is -2.26. The molecule has 0 spiro atoms. The van der Waals surface area contributed by atoms with E-state index in [4.69, 9.17) is 4.74 Å². The van der Waals surface area contributed by atoms with Gasteiger partial charge in [-0.15, -0.1) is 0 Å². The highest BCUT2D eigenvalue weighted by atomic mass is 16.5. The molecule has 2 aliphatic rings. The number of aryl methyl sites for hydroxylation is 2. The van der Waals surface area contributed by atoms with Gasteiger partial charge in [-0.25, -0.2) is 4.79 Å². The molecule has 7 heteroatoms. The third kappa shape index (κ3) is 3.56. The molecule has 0 N–H and O–H groups in total. The molecule has 2 aromatic rings. The lowest BCUT2D eigenvalue weighted by molar-refractivity contribution is -0.142. The van der Waals surface area contributed by atoms with Gasteiger partial charge in [-0.05, 0) is 56.4 Å². The van der Waals surface area contributed by atoms with Crippen molar-refractivity contribution in [2.24, 2.45) is 5.10 Å². The van der Waals surface area contributed by atoms with E-state index in [0.717, 1.165) is 30.4 Å². The van der Waals surface area contributed by atoms with Crippen molar-refractivity contribution in [1.82, 2.24) is 9.78 Å². The van der Waals surface area contributed by atoms with Gasteiger partial charge in [-0.3, -0.25) is 9.48 Å². The second kappa shape index (κ2) is 7.58. The van der Waals surface area contributed by atoms with Gasteiger partial charge in [0.15, 0.2) is 0 Å². The molecule has 2 heterocycles. The van der Waals surface area contributed by atoms with Gasteiger partial charge in [0.2, 0.25) is 5.91 Å². The maximum absolute atomic E-state index is 12.8. The Morgan fingerprint density at radius 3 is 2.86 bits per heavy atom. The average Bonchev–Trinajstić information content (AvgIpc) is 3.35. The van der Waals surface area contributed by atoms with Crippen LogP contribution in [0.1, 0.15) is 49.3 Å². The lowest BCUT2D eigenvalue weighted by atomic mass is 10.1. The SMILES string of the molecule is Cc1ccc(C)c(N2N=C(C(=O)O[C@@H]3CCC[C@H]3n3cccn3)CCC2=O)c1. The van der Waals surface area contributed by atoms with Crippen LogP contribution in [0.4, 0.5) is 5.69 Å².